The molecule has 0 unspecified atom stereocenters. The highest BCUT2D eigenvalue weighted by Crippen LogP contribution is 2.59. The van der Waals surface area contributed by atoms with Crippen molar-refractivity contribution in [2.45, 2.75) is 38.0 Å². The number of esters is 1. The molecule has 0 radical (unpaired) electrons. The fourth-order valence-corrected chi connectivity index (χ4v) is 6.41. The van der Waals surface area contributed by atoms with Crippen LogP contribution in [0.5, 0.6) is 0 Å². The minimum atomic E-state index is -3.64. The van der Waals surface area contributed by atoms with Crippen molar-refractivity contribution in [1.82, 2.24) is 4.90 Å². The average Bonchev–Trinajstić information content (AvgIpc) is 3.15. The molecule has 9 heteroatoms. The van der Waals surface area contributed by atoms with Crippen LogP contribution in [0, 0.1) is 5.92 Å². The molecule has 0 saturated carbocycles. The van der Waals surface area contributed by atoms with Crippen molar-refractivity contribution in [2.24, 2.45) is 5.92 Å². The molecule has 1 fully saturated rings. The molecule has 1 aromatic rings. The molecule has 8 nitrogen and oxygen atoms in total. The molecule has 2 aliphatic rings. The van der Waals surface area contributed by atoms with E-state index in [4.69, 9.17) is 18.5 Å². The number of ether oxygens (including phenoxy) is 2. The first kappa shape index (κ1) is 22.5. The largest absolute Gasteiger partial charge is 0.469 e. The van der Waals surface area contributed by atoms with E-state index in [1.165, 1.54) is 12.0 Å². The second kappa shape index (κ2) is 9.77. The van der Waals surface area contributed by atoms with E-state index >= 15 is 0 Å². The third-order valence-corrected chi connectivity index (χ3v) is 7.99. The number of cyclic esters (lactones) is 1. The summed E-state index contributed by atoms with van der Waals surface area (Å²) in [5.74, 6) is -1.48. The summed E-state index contributed by atoms with van der Waals surface area (Å²) in [4.78, 5) is 27.1. The molecular weight excluding hydrogens is 409 g/mol. The molecule has 30 heavy (non-hydrogen) atoms. The molecule has 1 aromatic carbocycles. The van der Waals surface area contributed by atoms with E-state index in [9.17, 15) is 14.2 Å². The van der Waals surface area contributed by atoms with Gasteiger partial charge in [-0.1, -0.05) is 42.5 Å². The van der Waals surface area contributed by atoms with Crippen LogP contribution in [0.4, 0.5) is 4.79 Å². The molecule has 1 aliphatic carbocycles. The van der Waals surface area contributed by atoms with Crippen molar-refractivity contribution in [2.75, 3.05) is 26.9 Å². The lowest BCUT2D eigenvalue weighted by Gasteiger charge is -2.40. The molecule has 0 spiro atoms. The maximum Gasteiger partial charge on any atom is 0.411 e. The second-order valence-electron chi connectivity index (χ2n) is 7.06. The molecule has 3 rings (SSSR count). The zero-order chi connectivity index (χ0) is 21.7. The van der Waals surface area contributed by atoms with Gasteiger partial charge in [0.05, 0.1) is 44.0 Å². The van der Waals surface area contributed by atoms with Crippen LogP contribution in [0.1, 0.15) is 31.9 Å². The van der Waals surface area contributed by atoms with Crippen LogP contribution in [0.2, 0.25) is 0 Å². The zero-order valence-corrected chi connectivity index (χ0v) is 18.3. The quantitative estimate of drug-likeness (QED) is 0.346. The van der Waals surface area contributed by atoms with Gasteiger partial charge in [-0.05, 0) is 25.8 Å². The Balaban J connectivity index is 2.02. The van der Waals surface area contributed by atoms with Crippen LogP contribution in [-0.4, -0.2) is 55.6 Å². The molecule has 0 N–H and O–H groups in total. The molecule has 164 valence electrons. The Morgan fingerprint density at radius 3 is 2.47 bits per heavy atom. The van der Waals surface area contributed by atoms with E-state index in [1.54, 1.807) is 19.9 Å². The highest BCUT2D eigenvalue weighted by Gasteiger charge is 2.53. The lowest BCUT2D eigenvalue weighted by molar-refractivity contribution is -0.147. The third-order valence-electron chi connectivity index (χ3n) is 5.41. The van der Waals surface area contributed by atoms with Gasteiger partial charge in [-0.2, -0.15) is 0 Å². The van der Waals surface area contributed by atoms with Gasteiger partial charge in [0.25, 0.3) is 0 Å². The molecular formula is C21H28NO7P. The Morgan fingerprint density at radius 2 is 1.87 bits per heavy atom. The Hall–Kier alpha value is -2.15. The third kappa shape index (κ3) is 4.31. The Bertz CT molecular complexity index is 818. The first-order chi connectivity index (χ1) is 14.5. The summed E-state index contributed by atoms with van der Waals surface area (Å²) in [5.41, 5.74) is 0.116. The van der Waals surface area contributed by atoms with Gasteiger partial charge < -0.3 is 18.5 Å². The number of carbonyl (C=O) groups excluding carboxylic acids is 2. The molecule has 1 saturated heterocycles. The van der Waals surface area contributed by atoms with Crippen LogP contribution in [0.25, 0.3) is 0 Å². The van der Waals surface area contributed by atoms with Crippen molar-refractivity contribution < 1.29 is 32.7 Å². The monoisotopic (exact) mass is 437 g/mol. The van der Waals surface area contributed by atoms with Crippen molar-refractivity contribution in [3.63, 3.8) is 0 Å². The highest BCUT2D eigenvalue weighted by atomic mass is 31.2. The van der Waals surface area contributed by atoms with Crippen molar-refractivity contribution in [3.8, 4) is 0 Å². The Kier molecular flexibility index (Phi) is 7.34. The molecule has 1 amide bonds. The van der Waals surface area contributed by atoms with Crippen molar-refractivity contribution in [3.05, 3.63) is 48.0 Å². The van der Waals surface area contributed by atoms with E-state index in [0.29, 0.717) is 6.42 Å². The van der Waals surface area contributed by atoms with Gasteiger partial charge in [0.15, 0.2) is 0 Å². The number of amides is 1. The number of rotatable bonds is 8. The van der Waals surface area contributed by atoms with E-state index in [2.05, 4.69) is 0 Å². The summed E-state index contributed by atoms with van der Waals surface area (Å²) in [6, 6.07) is 8.38. The summed E-state index contributed by atoms with van der Waals surface area (Å²) in [7, 11) is -2.36. The maximum atomic E-state index is 13.6. The number of benzene rings is 1. The number of nitrogens with zero attached hydrogens (tertiary/aromatic N) is 1. The Morgan fingerprint density at radius 1 is 1.20 bits per heavy atom. The average molecular weight is 437 g/mol. The first-order valence-corrected chi connectivity index (χ1v) is 11.7. The lowest BCUT2D eigenvalue weighted by Crippen LogP contribution is -2.50. The van der Waals surface area contributed by atoms with Gasteiger partial charge in [0, 0.05) is 0 Å². The number of hydrogen-bond donors (Lipinski definition) is 0. The van der Waals surface area contributed by atoms with Crippen molar-refractivity contribution in [1.29, 1.82) is 0 Å². The summed E-state index contributed by atoms with van der Waals surface area (Å²) >= 11 is 0. The molecule has 0 bridgehead atoms. The number of carbonyl (C=O) groups is 2. The number of methoxy groups -OCH3 is 1. The van der Waals surface area contributed by atoms with Gasteiger partial charge in [-0.25, -0.2) is 4.79 Å². The van der Waals surface area contributed by atoms with Gasteiger partial charge in [-0.3, -0.25) is 14.3 Å². The normalized spacial score (nSPS) is 26.5. The number of allylic oxidation sites excluding steroid dienone is 1. The molecule has 4 atom stereocenters. The van der Waals surface area contributed by atoms with Gasteiger partial charge in [0.2, 0.25) is 0 Å². The van der Waals surface area contributed by atoms with Gasteiger partial charge >= 0.3 is 19.7 Å². The van der Waals surface area contributed by atoms with Crippen LogP contribution in [0.15, 0.2) is 42.5 Å². The Labute approximate surface area is 176 Å². The van der Waals surface area contributed by atoms with Crippen LogP contribution in [0.3, 0.4) is 0 Å². The van der Waals surface area contributed by atoms with E-state index < -0.39 is 37.3 Å². The van der Waals surface area contributed by atoms with Crippen LogP contribution < -0.4 is 0 Å². The second-order valence-corrected chi connectivity index (χ2v) is 9.32. The minimum Gasteiger partial charge on any atom is -0.469 e. The predicted molar refractivity (Wildman–Crippen MR) is 110 cm³/mol. The zero-order valence-electron chi connectivity index (χ0n) is 17.4. The SMILES string of the molecule is CCOP(=O)(OCC)[C@H]1CC=C[C@H](N2C(=O)OC[C@H]2c2ccccc2)[C@@H]1C(=O)OC. The summed E-state index contributed by atoms with van der Waals surface area (Å²) < 4.78 is 35.0. The standard InChI is InChI=1S/C21H28NO7P/c1-4-28-30(25,29-5-2)18-13-9-12-16(19(18)20(23)26-3)22-17(14-27-21(22)24)15-10-7-6-8-11-15/h6-12,16-19H,4-5,13-14H2,1-3H3/t16-,17-,18-,19-/m0/s1. The highest BCUT2D eigenvalue weighted by molar-refractivity contribution is 7.54. The maximum absolute atomic E-state index is 13.6. The fraction of sp³-hybridized carbons (Fsp3) is 0.524. The van der Waals surface area contributed by atoms with Gasteiger partial charge in [0.1, 0.15) is 6.61 Å². The molecule has 1 heterocycles. The van der Waals surface area contributed by atoms with Gasteiger partial charge in [-0.15, -0.1) is 0 Å². The molecule has 0 aromatic heterocycles. The van der Waals surface area contributed by atoms with Crippen LogP contribution in [-0.2, 0) is 27.9 Å². The van der Waals surface area contributed by atoms with E-state index in [-0.39, 0.29) is 25.9 Å². The minimum absolute atomic E-state index is 0.167. The topological polar surface area (TPSA) is 91.4 Å². The summed E-state index contributed by atoms with van der Waals surface area (Å²) in [6.07, 6.45) is 3.37. The predicted octanol–water partition coefficient (Wildman–Crippen LogP) is 3.93. The van der Waals surface area contributed by atoms with E-state index in [0.717, 1.165) is 5.56 Å². The summed E-state index contributed by atoms with van der Waals surface area (Å²) in [5, 5.41) is 0. The van der Waals surface area contributed by atoms with Crippen molar-refractivity contribution >= 4 is 19.7 Å². The van der Waals surface area contributed by atoms with Crippen LogP contribution >= 0.6 is 7.60 Å². The fourth-order valence-electron chi connectivity index (χ4n) is 4.16. The molecule has 1 aliphatic heterocycles. The summed E-state index contributed by atoms with van der Waals surface area (Å²) in [6.45, 7) is 3.96. The number of hydrogen-bond acceptors (Lipinski definition) is 7. The van der Waals surface area contributed by atoms with E-state index in [1.807, 2.05) is 36.4 Å². The smallest absolute Gasteiger partial charge is 0.411 e. The first-order valence-electron chi connectivity index (χ1n) is 10.1. The lowest BCUT2D eigenvalue weighted by atomic mass is 9.86.